The Morgan fingerprint density at radius 3 is 2.82 bits per heavy atom. The molecule has 1 aliphatic carbocycles. The van der Waals surface area contributed by atoms with Crippen LogP contribution in [0.5, 0.6) is 0 Å². The van der Waals surface area contributed by atoms with Gasteiger partial charge in [-0.25, -0.2) is 0 Å². The molecule has 0 radical (unpaired) electrons. The maximum Gasteiger partial charge on any atom is 0.0860 e. The fraction of sp³-hybridized carbons (Fsp3) is 0.100. The first-order valence-corrected chi connectivity index (χ1v) is 7.74. The predicted molar refractivity (Wildman–Crippen MR) is 92.7 cm³/mol. The van der Waals surface area contributed by atoms with Crippen LogP contribution in [0.3, 0.4) is 0 Å². The van der Waals surface area contributed by atoms with E-state index in [1.165, 1.54) is 39.0 Å². The van der Waals surface area contributed by atoms with Gasteiger partial charge in [-0.1, -0.05) is 54.6 Å². The van der Waals surface area contributed by atoms with Gasteiger partial charge in [0.1, 0.15) is 0 Å². The molecule has 2 heteroatoms. The van der Waals surface area contributed by atoms with Gasteiger partial charge in [-0.05, 0) is 24.1 Å². The van der Waals surface area contributed by atoms with E-state index in [0.717, 1.165) is 6.42 Å². The number of allylic oxidation sites excluding steroid dienone is 2. The molecule has 0 fully saturated rings. The zero-order chi connectivity index (χ0) is 14.5. The summed E-state index contributed by atoms with van der Waals surface area (Å²) in [6.07, 6.45) is 7.89. The van der Waals surface area contributed by atoms with Crippen molar-refractivity contribution in [2.24, 2.45) is 0 Å². The lowest BCUT2D eigenvalue weighted by Gasteiger charge is -2.27. The number of hydrogen-bond donors (Lipinski definition) is 2. The highest BCUT2D eigenvalue weighted by molar-refractivity contribution is 5.93. The molecule has 2 aliphatic rings. The van der Waals surface area contributed by atoms with E-state index in [1.54, 1.807) is 0 Å². The highest BCUT2D eigenvalue weighted by Gasteiger charge is 2.24. The summed E-state index contributed by atoms with van der Waals surface area (Å²) in [5, 5.41) is 4.97. The van der Waals surface area contributed by atoms with Crippen molar-refractivity contribution >= 4 is 28.2 Å². The van der Waals surface area contributed by atoms with Crippen molar-refractivity contribution in [1.82, 2.24) is 4.98 Å². The van der Waals surface area contributed by atoms with Crippen LogP contribution < -0.4 is 5.32 Å². The molecule has 2 heterocycles. The van der Waals surface area contributed by atoms with Crippen LogP contribution in [0.1, 0.15) is 29.3 Å². The molecule has 2 nitrogen and oxygen atoms in total. The predicted octanol–water partition coefficient (Wildman–Crippen LogP) is 5.14. The maximum atomic E-state index is 3.67. The first kappa shape index (κ1) is 11.9. The summed E-state index contributed by atoms with van der Waals surface area (Å²) in [5.74, 6) is 0. The Balaban J connectivity index is 1.76. The number of para-hydroxylation sites is 2. The molecular formula is C20H16N2. The second kappa shape index (κ2) is 4.38. The van der Waals surface area contributed by atoms with Crippen molar-refractivity contribution in [1.29, 1.82) is 0 Å². The van der Waals surface area contributed by atoms with Gasteiger partial charge in [0.25, 0.3) is 0 Å². The number of aromatic nitrogens is 1. The van der Waals surface area contributed by atoms with Crippen molar-refractivity contribution in [3.05, 3.63) is 77.5 Å². The molecule has 0 saturated heterocycles. The third kappa shape index (κ3) is 1.61. The molecule has 1 aliphatic heterocycles. The lowest BCUT2D eigenvalue weighted by Crippen LogP contribution is -2.16. The fourth-order valence-electron chi connectivity index (χ4n) is 3.64. The van der Waals surface area contributed by atoms with Gasteiger partial charge in [-0.3, -0.25) is 0 Å². The van der Waals surface area contributed by atoms with Gasteiger partial charge in [0.15, 0.2) is 0 Å². The molecule has 106 valence electrons. The summed E-state index contributed by atoms with van der Waals surface area (Å²) in [5.41, 5.74) is 7.72. The monoisotopic (exact) mass is 284 g/mol. The molecule has 1 atom stereocenters. The quantitative estimate of drug-likeness (QED) is 0.588. The topological polar surface area (TPSA) is 27.8 Å². The Hall–Kier alpha value is -2.74. The Bertz CT molecular complexity index is 943. The minimum absolute atomic E-state index is 0.206. The summed E-state index contributed by atoms with van der Waals surface area (Å²) in [6, 6.07) is 17.3. The molecule has 0 saturated carbocycles. The normalized spacial score (nSPS) is 20.2. The third-order valence-corrected chi connectivity index (χ3v) is 4.66. The molecule has 1 unspecified atom stereocenters. The molecule has 5 rings (SSSR count). The smallest absolute Gasteiger partial charge is 0.0860 e. The van der Waals surface area contributed by atoms with Crippen molar-refractivity contribution in [2.75, 3.05) is 5.32 Å². The Morgan fingerprint density at radius 1 is 0.955 bits per heavy atom. The SMILES string of the molecule is C1=C2C/C=C\c3c([nH]c4ccccc34)C1Nc1ccccc12. The van der Waals surface area contributed by atoms with Gasteiger partial charge in [0, 0.05) is 33.4 Å². The van der Waals surface area contributed by atoms with Crippen LogP contribution in [0.25, 0.3) is 22.6 Å². The zero-order valence-corrected chi connectivity index (χ0v) is 12.1. The average molecular weight is 284 g/mol. The molecule has 1 aromatic heterocycles. The van der Waals surface area contributed by atoms with Crippen LogP contribution in [-0.2, 0) is 0 Å². The summed E-state index contributed by atoms with van der Waals surface area (Å²) in [7, 11) is 0. The van der Waals surface area contributed by atoms with Crippen LogP contribution in [0.2, 0.25) is 0 Å². The molecular weight excluding hydrogens is 268 g/mol. The highest BCUT2D eigenvalue weighted by Crippen LogP contribution is 2.40. The van der Waals surface area contributed by atoms with Crippen LogP contribution >= 0.6 is 0 Å². The highest BCUT2D eigenvalue weighted by atomic mass is 15.0. The lowest BCUT2D eigenvalue weighted by atomic mass is 9.90. The Labute approximate surface area is 129 Å². The van der Waals surface area contributed by atoms with Gasteiger partial charge < -0.3 is 10.3 Å². The van der Waals surface area contributed by atoms with E-state index >= 15 is 0 Å². The van der Waals surface area contributed by atoms with Crippen LogP contribution in [0.4, 0.5) is 5.69 Å². The number of fused-ring (bicyclic) bond motifs is 7. The molecule has 3 aromatic rings. The van der Waals surface area contributed by atoms with Crippen LogP contribution in [0.15, 0.2) is 60.7 Å². The van der Waals surface area contributed by atoms with E-state index in [2.05, 4.69) is 77.1 Å². The number of rotatable bonds is 0. The summed E-state index contributed by atoms with van der Waals surface area (Å²) in [4.78, 5) is 3.61. The van der Waals surface area contributed by atoms with Crippen molar-refractivity contribution in [3.63, 3.8) is 0 Å². The number of hydrogen-bond acceptors (Lipinski definition) is 1. The second-order valence-electron chi connectivity index (χ2n) is 5.96. The van der Waals surface area contributed by atoms with Gasteiger partial charge in [0.05, 0.1) is 6.04 Å². The number of benzene rings is 2. The molecule has 2 N–H and O–H groups in total. The van der Waals surface area contributed by atoms with E-state index in [1.807, 2.05) is 0 Å². The average Bonchev–Trinajstić information content (AvgIpc) is 2.92. The van der Waals surface area contributed by atoms with E-state index in [4.69, 9.17) is 0 Å². The van der Waals surface area contributed by atoms with E-state index < -0.39 is 0 Å². The minimum Gasteiger partial charge on any atom is -0.373 e. The van der Waals surface area contributed by atoms with Crippen molar-refractivity contribution in [2.45, 2.75) is 12.5 Å². The molecule has 0 amide bonds. The number of anilines is 1. The van der Waals surface area contributed by atoms with Gasteiger partial charge in [-0.15, -0.1) is 0 Å². The van der Waals surface area contributed by atoms with Gasteiger partial charge in [-0.2, -0.15) is 0 Å². The lowest BCUT2D eigenvalue weighted by molar-refractivity contribution is 0.923. The minimum atomic E-state index is 0.206. The van der Waals surface area contributed by atoms with E-state index in [9.17, 15) is 0 Å². The van der Waals surface area contributed by atoms with Crippen LogP contribution in [-0.4, -0.2) is 4.98 Å². The number of nitrogens with one attached hydrogen (secondary N) is 2. The molecule has 2 aromatic carbocycles. The van der Waals surface area contributed by atoms with Gasteiger partial charge in [0.2, 0.25) is 0 Å². The van der Waals surface area contributed by atoms with E-state index in [0.29, 0.717) is 0 Å². The second-order valence-corrected chi connectivity index (χ2v) is 5.96. The molecule has 2 bridgehead atoms. The van der Waals surface area contributed by atoms with Crippen molar-refractivity contribution in [3.8, 4) is 0 Å². The summed E-state index contributed by atoms with van der Waals surface area (Å²) in [6.45, 7) is 0. The Kier molecular flexibility index (Phi) is 2.36. The summed E-state index contributed by atoms with van der Waals surface area (Å²) >= 11 is 0. The first-order chi connectivity index (χ1) is 10.9. The standard InChI is InChI=1S/C20H16N2/c1-3-10-17-14(7-1)13-6-5-9-16-15-8-2-4-11-18(15)22-20(16)19(12-13)21-17/h1-5,7-12,19,21-22H,6H2/b9-5-. The van der Waals surface area contributed by atoms with Crippen LogP contribution in [0, 0.1) is 0 Å². The van der Waals surface area contributed by atoms with Gasteiger partial charge >= 0.3 is 0 Å². The maximum absolute atomic E-state index is 3.67. The molecule has 22 heavy (non-hydrogen) atoms. The molecule has 0 spiro atoms. The zero-order valence-electron chi connectivity index (χ0n) is 12.1. The number of aromatic amines is 1. The fourth-order valence-corrected chi connectivity index (χ4v) is 3.64. The van der Waals surface area contributed by atoms with Crippen molar-refractivity contribution < 1.29 is 0 Å². The first-order valence-electron chi connectivity index (χ1n) is 7.74. The largest absolute Gasteiger partial charge is 0.373 e. The summed E-state index contributed by atoms with van der Waals surface area (Å²) < 4.78 is 0. The number of H-pyrrole nitrogens is 1. The van der Waals surface area contributed by atoms with E-state index in [-0.39, 0.29) is 6.04 Å². The third-order valence-electron chi connectivity index (χ3n) is 4.66. The Morgan fingerprint density at radius 2 is 1.82 bits per heavy atom.